The molecule has 0 heterocycles. The Morgan fingerprint density at radius 3 is 1.95 bits per heavy atom. The molecular weight excluding hydrogens is 309 g/mol. The van der Waals surface area contributed by atoms with Crippen LogP contribution in [0.2, 0.25) is 6.04 Å². The first-order valence-electron chi connectivity index (χ1n) is 7.86. The zero-order valence-corrected chi connectivity index (χ0v) is 14.4. The lowest BCUT2D eigenvalue weighted by Crippen LogP contribution is -2.24. The van der Waals surface area contributed by atoms with Crippen LogP contribution < -0.4 is 0 Å². The van der Waals surface area contributed by atoms with E-state index in [1.165, 1.54) is 0 Å². The van der Waals surface area contributed by atoms with Crippen molar-refractivity contribution in [3.8, 4) is 0 Å². The Morgan fingerprint density at radius 1 is 0.955 bits per heavy atom. The van der Waals surface area contributed by atoms with Crippen LogP contribution in [0.5, 0.6) is 0 Å². The minimum Gasteiger partial charge on any atom is -0.397 e. The summed E-state index contributed by atoms with van der Waals surface area (Å²) in [7, 11) is -1.63. The van der Waals surface area contributed by atoms with Gasteiger partial charge in [-0.25, -0.2) is 0 Å². The molecule has 0 aliphatic heterocycles. The van der Waals surface area contributed by atoms with E-state index >= 15 is 0 Å². The summed E-state index contributed by atoms with van der Waals surface area (Å²) in [5, 5.41) is 0. The fourth-order valence-electron chi connectivity index (χ4n) is 2.05. The van der Waals surface area contributed by atoms with Gasteiger partial charge in [0, 0.05) is 13.2 Å². The van der Waals surface area contributed by atoms with E-state index in [4.69, 9.17) is 8.85 Å². The van der Waals surface area contributed by atoms with Crippen LogP contribution in [0.15, 0.2) is 24.3 Å². The van der Waals surface area contributed by atoms with E-state index in [2.05, 4.69) is 13.8 Å². The maximum atomic E-state index is 12.5. The molecule has 0 bridgehead atoms. The van der Waals surface area contributed by atoms with Crippen molar-refractivity contribution in [2.75, 3.05) is 13.2 Å². The fourth-order valence-corrected chi connectivity index (χ4v) is 4.01. The van der Waals surface area contributed by atoms with Crippen molar-refractivity contribution in [2.45, 2.75) is 51.8 Å². The van der Waals surface area contributed by atoms with Crippen molar-refractivity contribution in [3.05, 3.63) is 35.4 Å². The number of alkyl halides is 3. The van der Waals surface area contributed by atoms with Crippen LogP contribution in [0.1, 0.15) is 44.2 Å². The van der Waals surface area contributed by atoms with Crippen molar-refractivity contribution < 1.29 is 22.0 Å². The number of halogens is 3. The van der Waals surface area contributed by atoms with Crippen molar-refractivity contribution in [1.29, 1.82) is 0 Å². The quantitative estimate of drug-likeness (QED) is 0.577. The molecule has 0 amide bonds. The molecule has 22 heavy (non-hydrogen) atoms. The summed E-state index contributed by atoms with van der Waals surface area (Å²) in [6, 6.07) is 6.29. The van der Waals surface area contributed by atoms with E-state index in [0.717, 1.165) is 62.6 Å². The van der Waals surface area contributed by atoms with Crippen LogP contribution in [-0.2, 0) is 21.4 Å². The standard InChI is InChI=1S/C16H25F3O2Si/c1-3-11-20-22(21-12-4-2)13-5-6-14-7-9-15(10-8-14)16(17,18)19/h7-10,22H,3-6,11-13H2,1-2H3. The molecule has 1 rings (SSSR count). The van der Waals surface area contributed by atoms with Crippen molar-refractivity contribution >= 4 is 9.28 Å². The van der Waals surface area contributed by atoms with E-state index in [-0.39, 0.29) is 0 Å². The molecule has 0 radical (unpaired) electrons. The lowest BCUT2D eigenvalue weighted by molar-refractivity contribution is -0.137. The molecule has 0 aliphatic rings. The van der Waals surface area contributed by atoms with Gasteiger partial charge in [-0.05, 0) is 49.4 Å². The zero-order valence-electron chi connectivity index (χ0n) is 13.3. The molecule has 0 saturated heterocycles. The molecule has 126 valence electrons. The van der Waals surface area contributed by atoms with E-state index < -0.39 is 21.0 Å². The van der Waals surface area contributed by atoms with E-state index in [9.17, 15) is 13.2 Å². The van der Waals surface area contributed by atoms with Gasteiger partial charge in [0.2, 0.25) is 0 Å². The smallest absolute Gasteiger partial charge is 0.397 e. The molecule has 2 nitrogen and oxygen atoms in total. The van der Waals surface area contributed by atoms with Gasteiger partial charge < -0.3 is 8.85 Å². The Bertz CT molecular complexity index is 399. The van der Waals surface area contributed by atoms with Gasteiger partial charge in [-0.3, -0.25) is 0 Å². The summed E-state index contributed by atoms with van der Waals surface area (Å²) in [6.45, 7) is 5.57. The molecule has 0 N–H and O–H groups in total. The first-order valence-corrected chi connectivity index (χ1v) is 9.62. The van der Waals surface area contributed by atoms with Gasteiger partial charge >= 0.3 is 15.5 Å². The molecule has 0 fully saturated rings. The highest BCUT2D eigenvalue weighted by Gasteiger charge is 2.29. The Hall–Kier alpha value is -0.853. The third-order valence-electron chi connectivity index (χ3n) is 3.20. The second-order valence-electron chi connectivity index (χ2n) is 5.26. The molecule has 0 spiro atoms. The first kappa shape index (κ1) is 19.2. The van der Waals surface area contributed by atoms with Gasteiger partial charge in [-0.1, -0.05) is 26.0 Å². The summed E-state index contributed by atoms with van der Waals surface area (Å²) in [4.78, 5) is 0. The van der Waals surface area contributed by atoms with E-state index in [1.807, 2.05) is 0 Å². The molecule has 0 saturated carbocycles. The topological polar surface area (TPSA) is 18.5 Å². The largest absolute Gasteiger partial charge is 0.416 e. The maximum Gasteiger partial charge on any atom is 0.416 e. The van der Waals surface area contributed by atoms with Gasteiger partial charge in [0.1, 0.15) is 0 Å². The number of rotatable bonds is 10. The first-order chi connectivity index (χ1) is 10.5. The molecule has 0 aliphatic carbocycles. The Kier molecular flexibility index (Phi) is 8.74. The minimum absolute atomic E-state index is 0.596. The molecule has 0 atom stereocenters. The molecule has 1 aromatic carbocycles. The predicted molar refractivity (Wildman–Crippen MR) is 84.2 cm³/mol. The van der Waals surface area contributed by atoms with Crippen molar-refractivity contribution in [1.82, 2.24) is 0 Å². The highest BCUT2D eigenvalue weighted by Crippen LogP contribution is 2.29. The zero-order chi connectivity index (χ0) is 16.4. The Labute approximate surface area is 132 Å². The lowest BCUT2D eigenvalue weighted by Gasteiger charge is -2.16. The van der Waals surface area contributed by atoms with Crippen LogP contribution in [0.3, 0.4) is 0 Å². The fraction of sp³-hybridized carbons (Fsp3) is 0.625. The summed E-state index contributed by atoms with van der Waals surface area (Å²) >= 11 is 0. The van der Waals surface area contributed by atoms with Crippen molar-refractivity contribution in [3.63, 3.8) is 0 Å². The van der Waals surface area contributed by atoms with Crippen molar-refractivity contribution in [2.24, 2.45) is 0 Å². The number of hydrogen-bond donors (Lipinski definition) is 0. The van der Waals surface area contributed by atoms with Gasteiger partial charge in [0.25, 0.3) is 0 Å². The third-order valence-corrected chi connectivity index (χ3v) is 5.30. The second kappa shape index (κ2) is 10.0. The van der Waals surface area contributed by atoms with Crippen LogP contribution in [-0.4, -0.2) is 22.5 Å². The summed E-state index contributed by atoms with van der Waals surface area (Å²) in [6.07, 6.45) is -0.684. The van der Waals surface area contributed by atoms with Gasteiger partial charge in [0.05, 0.1) is 5.56 Å². The minimum atomic E-state index is -4.27. The summed E-state index contributed by atoms with van der Waals surface area (Å²) in [5.74, 6) is 0. The average Bonchev–Trinajstić information content (AvgIpc) is 2.49. The van der Waals surface area contributed by atoms with Gasteiger partial charge in [0.15, 0.2) is 0 Å². The van der Waals surface area contributed by atoms with Crippen LogP contribution in [0.4, 0.5) is 13.2 Å². The number of aryl methyl sites for hydroxylation is 1. The third kappa shape index (κ3) is 7.42. The summed E-state index contributed by atoms with van der Waals surface area (Å²) in [5.41, 5.74) is 0.327. The molecule has 6 heteroatoms. The highest BCUT2D eigenvalue weighted by molar-refractivity contribution is 6.44. The molecular formula is C16H25F3O2Si. The second-order valence-corrected chi connectivity index (χ2v) is 7.36. The average molecular weight is 334 g/mol. The van der Waals surface area contributed by atoms with E-state index in [0.29, 0.717) is 0 Å². The highest BCUT2D eigenvalue weighted by atomic mass is 28.3. The number of benzene rings is 1. The molecule has 0 unspecified atom stereocenters. The lowest BCUT2D eigenvalue weighted by atomic mass is 10.1. The SMILES string of the molecule is CCCO[SiH](CCCc1ccc(C(F)(F)F)cc1)OCCC. The Balaban J connectivity index is 2.40. The van der Waals surface area contributed by atoms with Gasteiger partial charge in [-0.15, -0.1) is 0 Å². The predicted octanol–water partition coefficient (Wildman–Crippen LogP) is 4.71. The van der Waals surface area contributed by atoms with Crippen LogP contribution >= 0.6 is 0 Å². The summed E-state index contributed by atoms with van der Waals surface area (Å²) < 4.78 is 49.0. The van der Waals surface area contributed by atoms with Gasteiger partial charge in [-0.2, -0.15) is 13.2 Å². The van der Waals surface area contributed by atoms with Crippen LogP contribution in [0.25, 0.3) is 0 Å². The molecule has 1 aromatic rings. The Morgan fingerprint density at radius 2 is 1.50 bits per heavy atom. The normalized spacial score (nSPS) is 12.1. The molecule has 0 aromatic heterocycles. The maximum absolute atomic E-state index is 12.5. The van der Waals surface area contributed by atoms with Crippen LogP contribution in [0, 0.1) is 0 Å². The number of hydrogen-bond acceptors (Lipinski definition) is 2. The van der Waals surface area contributed by atoms with E-state index in [1.54, 1.807) is 12.1 Å². The monoisotopic (exact) mass is 334 g/mol.